The molecule has 2 heterocycles. The molecule has 1 aliphatic heterocycles. The first-order valence-electron chi connectivity index (χ1n) is 10.2. The van der Waals surface area contributed by atoms with E-state index in [-0.39, 0.29) is 5.92 Å². The van der Waals surface area contributed by atoms with Gasteiger partial charge in [-0.05, 0) is 35.6 Å². The molecule has 2 fully saturated rings. The summed E-state index contributed by atoms with van der Waals surface area (Å²) in [6.07, 6.45) is 1.01. The van der Waals surface area contributed by atoms with Gasteiger partial charge in [-0.1, -0.05) is 41.6 Å². The van der Waals surface area contributed by atoms with Gasteiger partial charge in [-0.2, -0.15) is 4.98 Å². The number of nitrogens with zero attached hydrogens (tertiary/aromatic N) is 3. The number of benzene rings is 2. The van der Waals surface area contributed by atoms with Crippen LogP contribution in [0.3, 0.4) is 0 Å². The fourth-order valence-electron chi connectivity index (χ4n) is 4.11. The van der Waals surface area contributed by atoms with Crippen molar-refractivity contribution in [1.82, 2.24) is 15.0 Å². The van der Waals surface area contributed by atoms with Crippen LogP contribution >= 0.6 is 0 Å². The van der Waals surface area contributed by atoms with Gasteiger partial charge in [0.15, 0.2) is 0 Å². The highest BCUT2D eigenvalue weighted by Crippen LogP contribution is 2.56. The number of aromatic nitrogens is 2. The Hall–Kier alpha value is -2.70. The summed E-state index contributed by atoms with van der Waals surface area (Å²) in [7, 11) is 1.71. The average Bonchev–Trinajstić information content (AvgIpc) is 3.42. The van der Waals surface area contributed by atoms with Crippen LogP contribution in [0, 0.1) is 0 Å². The molecule has 0 amide bonds. The van der Waals surface area contributed by atoms with Crippen molar-refractivity contribution in [3.05, 3.63) is 65.5 Å². The van der Waals surface area contributed by atoms with Crippen molar-refractivity contribution in [2.75, 3.05) is 33.4 Å². The minimum Gasteiger partial charge on any atom is -0.496 e. The Kier molecular flexibility index (Phi) is 5.04. The summed E-state index contributed by atoms with van der Waals surface area (Å²) < 4.78 is 16.6. The van der Waals surface area contributed by atoms with Crippen LogP contribution in [0.1, 0.15) is 35.3 Å². The molecular weight excluding hydrogens is 366 g/mol. The first-order chi connectivity index (χ1) is 14.3. The fourth-order valence-corrected chi connectivity index (χ4v) is 4.11. The lowest BCUT2D eigenvalue weighted by atomic mass is 10.1. The molecule has 1 aliphatic carbocycles. The van der Waals surface area contributed by atoms with E-state index in [9.17, 15) is 0 Å². The van der Waals surface area contributed by atoms with E-state index in [1.807, 2.05) is 24.3 Å². The quantitative estimate of drug-likeness (QED) is 0.636. The molecule has 2 aliphatic rings. The van der Waals surface area contributed by atoms with Gasteiger partial charge in [0, 0.05) is 31.1 Å². The second-order valence-corrected chi connectivity index (χ2v) is 7.74. The van der Waals surface area contributed by atoms with E-state index < -0.39 is 0 Å². The molecule has 0 spiro atoms. The second kappa shape index (κ2) is 7.97. The van der Waals surface area contributed by atoms with E-state index in [0.29, 0.717) is 11.7 Å². The van der Waals surface area contributed by atoms with Gasteiger partial charge in [-0.3, -0.25) is 4.90 Å². The van der Waals surface area contributed by atoms with Crippen LogP contribution in [0.2, 0.25) is 0 Å². The molecule has 0 radical (unpaired) electrons. The third-order valence-corrected chi connectivity index (χ3v) is 5.78. The summed E-state index contributed by atoms with van der Waals surface area (Å²) in [5.41, 5.74) is 3.47. The number of hydrogen-bond donors (Lipinski definition) is 0. The molecule has 6 nitrogen and oxygen atoms in total. The van der Waals surface area contributed by atoms with Crippen LogP contribution in [0.15, 0.2) is 53.1 Å². The number of para-hydroxylation sites is 1. The lowest BCUT2D eigenvalue weighted by Gasteiger charge is -2.26. The van der Waals surface area contributed by atoms with E-state index in [1.54, 1.807) is 7.11 Å². The van der Waals surface area contributed by atoms with Crippen LogP contribution in [0.4, 0.5) is 0 Å². The average molecular weight is 391 g/mol. The second-order valence-electron chi connectivity index (χ2n) is 7.74. The lowest BCUT2D eigenvalue weighted by molar-refractivity contribution is 0.0342. The van der Waals surface area contributed by atoms with Gasteiger partial charge in [-0.25, -0.2) is 0 Å². The lowest BCUT2D eigenvalue weighted by Crippen LogP contribution is -2.35. The van der Waals surface area contributed by atoms with Gasteiger partial charge < -0.3 is 14.0 Å². The van der Waals surface area contributed by atoms with E-state index in [1.165, 1.54) is 11.1 Å². The normalized spacial score (nSPS) is 21.8. The third kappa shape index (κ3) is 3.91. The highest BCUT2D eigenvalue weighted by Gasteiger charge is 2.45. The van der Waals surface area contributed by atoms with Crippen molar-refractivity contribution in [3.8, 4) is 17.1 Å². The zero-order chi connectivity index (χ0) is 19.6. The Balaban J connectivity index is 1.30. The van der Waals surface area contributed by atoms with Crippen molar-refractivity contribution >= 4 is 0 Å². The molecule has 1 saturated heterocycles. The molecule has 2 atom stereocenters. The maximum absolute atomic E-state index is 5.63. The van der Waals surface area contributed by atoms with E-state index in [2.05, 4.69) is 34.3 Å². The standard InChI is InChI=1S/C23H25N3O3/c1-27-21-8-3-2-7-18(21)19-14-20(19)23-24-22(25-29-23)17-6-4-5-16(13-17)15-26-9-11-28-12-10-26/h2-8,13,19-20H,9-12,14-15H2,1H3/t19-,20-/m1/s1. The molecule has 1 saturated carbocycles. The minimum atomic E-state index is 0.268. The van der Waals surface area contributed by atoms with Gasteiger partial charge in [0.2, 0.25) is 11.7 Å². The van der Waals surface area contributed by atoms with E-state index in [4.69, 9.17) is 19.0 Å². The SMILES string of the molecule is COc1ccccc1[C@H]1C[C@H]1c1nc(-c2cccc(CN3CCOCC3)c2)no1. The molecule has 6 heteroatoms. The topological polar surface area (TPSA) is 60.6 Å². The maximum atomic E-state index is 5.63. The Bertz CT molecular complexity index is 981. The van der Waals surface area contributed by atoms with Crippen LogP contribution in [0.5, 0.6) is 5.75 Å². The molecule has 29 heavy (non-hydrogen) atoms. The first-order valence-corrected chi connectivity index (χ1v) is 10.2. The van der Waals surface area contributed by atoms with Crippen LogP contribution in [-0.2, 0) is 11.3 Å². The largest absolute Gasteiger partial charge is 0.496 e. The van der Waals surface area contributed by atoms with Crippen LogP contribution in [0.25, 0.3) is 11.4 Å². The molecule has 0 unspecified atom stereocenters. The number of methoxy groups -OCH3 is 1. The highest BCUT2D eigenvalue weighted by molar-refractivity contribution is 5.55. The maximum Gasteiger partial charge on any atom is 0.230 e. The summed E-state index contributed by atoms with van der Waals surface area (Å²) in [4.78, 5) is 7.12. The summed E-state index contributed by atoms with van der Waals surface area (Å²) >= 11 is 0. The monoisotopic (exact) mass is 391 g/mol. The van der Waals surface area contributed by atoms with Crippen molar-refractivity contribution in [2.45, 2.75) is 24.8 Å². The first kappa shape index (κ1) is 18.3. The Morgan fingerprint density at radius 3 is 2.79 bits per heavy atom. The molecular formula is C23H25N3O3. The van der Waals surface area contributed by atoms with Gasteiger partial charge in [-0.15, -0.1) is 0 Å². The van der Waals surface area contributed by atoms with Gasteiger partial charge in [0.1, 0.15) is 5.75 Å². The minimum absolute atomic E-state index is 0.268. The van der Waals surface area contributed by atoms with Crippen molar-refractivity contribution in [1.29, 1.82) is 0 Å². The van der Waals surface area contributed by atoms with Crippen molar-refractivity contribution < 1.29 is 14.0 Å². The summed E-state index contributed by atoms with van der Waals surface area (Å²) in [6.45, 7) is 4.48. The van der Waals surface area contributed by atoms with Gasteiger partial charge >= 0.3 is 0 Å². The molecule has 1 aromatic heterocycles. The molecule has 0 bridgehead atoms. The molecule has 5 rings (SSSR count). The molecule has 2 aromatic carbocycles. The van der Waals surface area contributed by atoms with Gasteiger partial charge in [0.05, 0.1) is 20.3 Å². The van der Waals surface area contributed by atoms with Crippen LogP contribution < -0.4 is 4.74 Å². The van der Waals surface area contributed by atoms with Crippen molar-refractivity contribution in [2.24, 2.45) is 0 Å². The number of hydrogen-bond acceptors (Lipinski definition) is 6. The van der Waals surface area contributed by atoms with Crippen LogP contribution in [-0.4, -0.2) is 48.5 Å². The Morgan fingerprint density at radius 1 is 1.07 bits per heavy atom. The Labute approximate surface area is 170 Å². The number of morpholine rings is 1. The van der Waals surface area contributed by atoms with Crippen molar-refractivity contribution in [3.63, 3.8) is 0 Å². The third-order valence-electron chi connectivity index (χ3n) is 5.78. The smallest absolute Gasteiger partial charge is 0.230 e. The molecule has 0 N–H and O–H groups in total. The Morgan fingerprint density at radius 2 is 1.93 bits per heavy atom. The molecule has 150 valence electrons. The highest BCUT2D eigenvalue weighted by atomic mass is 16.5. The zero-order valence-corrected chi connectivity index (χ0v) is 16.6. The van der Waals surface area contributed by atoms with E-state index >= 15 is 0 Å². The molecule has 3 aromatic rings. The summed E-state index contributed by atoms with van der Waals surface area (Å²) in [5.74, 6) is 2.95. The predicted molar refractivity (Wildman–Crippen MR) is 109 cm³/mol. The summed E-state index contributed by atoms with van der Waals surface area (Å²) in [5, 5.41) is 4.26. The summed E-state index contributed by atoms with van der Waals surface area (Å²) in [6, 6.07) is 16.6. The van der Waals surface area contributed by atoms with E-state index in [0.717, 1.165) is 56.5 Å². The number of ether oxygens (including phenoxy) is 2. The fraction of sp³-hybridized carbons (Fsp3) is 0.391. The number of rotatable bonds is 6. The predicted octanol–water partition coefficient (Wildman–Crippen LogP) is 3.85. The van der Waals surface area contributed by atoms with Gasteiger partial charge in [0.25, 0.3) is 0 Å². The zero-order valence-electron chi connectivity index (χ0n) is 16.6.